The van der Waals surface area contributed by atoms with Gasteiger partial charge in [0, 0.05) is 37.4 Å². The van der Waals surface area contributed by atoms with Crippen molar-refractivity contribution in [3.8, 4) is 0 Å². The van der Waals surface area contributed by atoms with E-state index in [1.807, 2.05) is 11.0 Å². The highest BCUT2D eigenvalue weighted by atomic mass is 32.1. The van der Waals surface area contributed by atoms with Crippen molar-refractivity contribution in [1.82, 2.24) is 5.43 Å². The minimum Gasteiger partial charge on any atom is -0.375 e. The minimum absolute atomic E-state index is 0.00750. The molecule has 10 heteroatoms. The van der Waals surface area contributed by atoms with Gasteiger partial charge in [-0.25, -0.2) is 4.39 Å². The standard InChI is InChI=1S/C25H29F4N5S/c1-16-5-8-34(15-16)22-13-23(21(26)12-19(22)14-31-32-24(30)35)33-9-6-17(7-10-33)18-3-2-4-20(11-18)25(27,28)29/h2-4,11-14,16-17H,5-10,15H2,1H3,(H3,30,32,35)/b31-14+/t16-/m1/s1. The normalized spacial score (nSPS) is 19.5. The number of hydrogen-bond donors (Lipinski definition) is 2. The highest BCUT2D eigenvalue weighted by molar-refractivity contribution is 7.80. The zero-order valence-corrected chi connectivity index (χ0v) is 20.3. The summed E-state index contributed by atoms with van der Waals surface area (Å²) in [5.74, 6) is 0.176. The van der Waals surface area contributed by atoms with Crippen LogP contribution in [0.25, 0.3) is 0 Å². The summed E-state index contributed by atoms with van der Waals surface area (Å²) >= 11 is 4.77. The number of hydrazone groups is 1. The lowest BCUT2D eigenvalue weighted by molar-refractivity contribution is -0.137. The molecule has 0 unspecified atom stereocenters. The largest absolute Gasteiger partial charge is 0.416 e. The van der Waals surface area contributed by atoms with E-state index < -0.39 is 11.7 Å². The van der Waals surface area contributed by atoms with Crippen molar-refractivity contribution in [3.63, 3.8) is 0 Å². The lowest BCUT2D eigenvalue weighted by atomic mass is 9.88. The second-order valence-corrected chi connectivity index (χ2v) is 9.76. The van der Waals surface area contributed by atoms with E-state index in [0.29, 0.717) is 48.7 Å². The number of alkyl halides is 3. The van der Waals surface area contributed by atoms with Gasteiger partial charge < -0.3 is 15.5 Å². The second kappa shape index (κ2) is 10.4. The van der Waals surface area contributed by atoms with E-state index in [9.17, 15) is 13.2 Å². The molecule has 2 aliphatic rings. The lowest BCUT2D eigenvalue weighted by Crippen LogP contribution is -2.34. The molecule has 4 rings (SSSR count). The predicted octanol–water partition coefficient (Wildman–Crippen LogP) is 5.24. The molecule has 0 bridgehead atoms. The number of benzene rings is 2. The van der Waals surface area contributed by atoms with Gasteiger partial charge in [0.15, 0.2) is 5.11 Å². The summed E-state index contributed by atoms with van der Waals surface area (Å²) in [5.41, 5.74) is 10.0. The third kappa shape index (κ3) is 6.04. The molecule has 2 saturated heterocycles. The third-order valence-electron chi connectivity index (χ3n) is 6.76. The van der Waals surface area contributed by atoms with E-state index in [4.69, 9.17) is 18.0 Å². The molecule has 1 atom stereocenters. The number of thiocarbonyl (C=S) groups is 1. The molecule has 188 valence electrons. The topological polar surface area (TPSA) is 56.9 Å². The Balaban J connectivity index is 1.54. The maximum absolute atomic E-state index is 15.3. The Morgan fingerprint density at radius 2 is 1.80 bits per heavy atom. The van der Waals surface area contributed by atoms with Gasteiger partial charge in [-0.15, -0.1) is 0 Å². The first-order valence-corrected chi connectivity index (χ1v) is 12.1. The average Bonchev–Trinajstić information content (AvgIpc) is 3.25. The van der Waals surface area contributed by atoms with E-state index in [0.717, 1.165) is 31.3 Å². The summed E-state index contributed by atoms with van der Waals surface area (Å²) in [6.07, 6.45) is -0.490. The molecule has 0 amide bonds. The first-order chi connectivity index (χ1) is 16.6. The number of rotatable bonds is 5. The number of nitrogens with two attached hydrogens (primary N) is 1. The van der Waals surface area contributed by atoms with Crippen LogP contribution in [-0.2, 0) is 6.18 Å². The summed E-state index contributed by atoms with van der Waals surface area (Å²) in [7, 11) is 0. The van der Waals surface area contributed by atoms with Gasteiger partial charge in [-0.1, -0.05) is 25.1 Å². The van der Waals surface area contributed by atoms with Crippen LogP contribution in [-0.4, -0.2) is 37.5 Å². The predicted molar refractivity (Wildman–Crippen MR) is 136 cm³/mol. The summed E-state index contributed by atoms with van der Waals surface area (Å²) in [6, 6.07) is 8.87. The molecule has 0 aliphatic carbocycles. The van der Waals surface area contributed by atoms with Crippen molar-refractivity contribution in [2.24, 2.45) is 16.8 Å². The third-order valence-corrected chi connectivity index (χ3v) is 6.85. The SMILES string of the molecule is C[C@@H]1CCN(c2cc(N3CCC(c4cccc(C(F)(F)F)c4)CC3)c(F)cc2/C=N/NC(N)=S)C1. The lowest BCUT2D eigenvalue weighted by Gasteiger charge is -2.35. The van der Waals surface area contributed by atoms with Crippen LogP contribution in [0.3, 0.4) is 0 Å². The van der Waals surface area contributed by atoms with E-state index in [1.165, 1.54) is 24.4 Å². The van der Waals surface area contributed by atoms with Crippen LogP contribution in [0.15, 0.2) is 41.5 Å². The van der Waals surface area contributed by atoms with Crippen LogP contribution in [0.2, 0.25) is 0 Å². The molecular formula is C25H29F4N5S. The van der Waals surface area contributed by atoms with E-state index in [-0.39, 0.29) is 16.8 Å². The van der Waals surface area contributed by atoms with Gasteiger partial charge in [-0.2, -0.15) is 18.3 Å². The molecule has 2 aromatic rings. The Morgan fingerprint density at radius 3 is 2.43 bits per heavy atom. The maximum atomic E-state index is 15.3. The van der Waals surface area contributed by atoms with Gasteiger partial charge in [0.2, 0.25) is 0 Å². The van der Waals surface area contributed by atoms with Crippen LogP contribution in [0.4, 0.5) is 28.9 Å². The Kier molecular flexibility index (Phi) is 7.49. The Bertz CT molecular complexity index is 1100. The number of anilines is 2. The monoisotopic (exact) mass is 507 g/mol. The zero-order valence-electron chi connectivity index (χ0n) is 19.5. The molecule has 2 aliphatic heterocycles. The Hall–Kier alpha value is -2.88. The number of hydrogen-bond acceptors (Lipinski definition) is 4. The van der Waals surface area contributed by atoms with Gasteiger partial charge in [-0.05, 0) is 67.1 Å². The van der Waals surface area contributed by atoms with E-state index >= 15 is 4.39 Å². The van der Waals surface area contributed by atoms with Crippen LogP contribution >= 0.6 is 12.2 Å². The Labute approximate surface area is 208 Å². The summed E-state index contributed by atoms with van der Waals surface area (Å²) in [5, 5.41) is 4.04. The van der Waals surface area contributed by atoms with Crippen molar-refractivity contribution in [2.45, 2.75) is 38.3 Å². The van der Waals surface area contributed by atoms with Crippen molar-refractivity contribution in [3.05, 3.63) is 58.9 Å². The van der Waals surface area contributed by atoms with Crippen molar-refractivity contribution >= 4 is 34.9 Å². The molecular weight excluding hydrogens is 478 g/mol. The molecule has 3 N–H and O–H groups in total. The quantitative estimate of drug-likeness (QED) is 0.251. The van der Waals surface area contributed by atoms with E-state index in [2.05, 4.69) is 22.4 Å². The molecule has 35 heavy (non-hydrogen) atoms. The molecule has 2 fully saturated rings. The second-order valence-electron chi connectivity index (χ2n) is 9.32. The van der Waals surface area contributed by atoms with Crippen LogP contribution in [0.1, 0.15) is 48.8 Å². The first-order valence-electron chi connectivity index (χ1n) is 11.7. The number of nitrogens with one attached hydrogen (secondary N) is 1. The fourth-order valence-electron chi connectivity index (χ4n) is 4.93. The smallest absolute Gasteiger partial charge is 0.375 e. The average molecular weight is 508 g/mol. The fourth-order valence-corrected chi connectivity index (χ4v) is 4.98. The van der Waals surface area contributed by atoms with Crippen LogP contribution in [0.5, 0.6) is 0 Å². The van der Waals surface area contributed by atoms with Crippen LogP contribution < -0.4 is 21.0 Å². The van der Waals surface area contributed by atoms with Gasteiger partial charge in [0.1, 0.15) is 5.82 Å². The molecule has 0 saturated carbocycles. The highest BCUT2D eigenvalue weighted by Gasteiger charge is 2.32. The van der Waals surface area contributed by atoms with Gasteiger partial charge >= 0.3 is 6.18 Å². The summed E-state index contributed by atoms with van der Waals surface area (Å²) < 4.78 is 54.6. The highest BCUT2D eigenvalue weighted by Crippen LogP contribution is 2.37. The van der Waals surface area contributed by atoms with Crippen molar-refractivity contribution in [2.75, 3.05) is 36.0 Å². The number of nitrogens with zero attached hydrogens (tertiary/aromatic N) is 3. The maximum Gasteiger partial charge on any atom is 0.416 e. The molecule has 0 spiro atoms. The first kappa shape index (κ1) is 25.2. The zero-order chi connectivity index (χ0) is 25.2. The van der Waals surface area contributed by atoms with Gasteiger partial charge in [-0.3, -0.25) is 5.43 Å². The van der Waals surface area contributed by atoms with Crippen molar-refractivity contribution < 1.29 is 17.6 Å². The molecule has 5 nitrogen and oxygen atoms in total. The minimum atomic E-state index is -4.36. The Morgan fingerprint density at radius 1 is 1.09 bits per heavy atom. The molecule has 2 aromatic carbocycles. The van der Waals surface area contributed by atoms with Gasteiger partial charge in [0.05, 0.1) is 17.5 Å². The van der Waals surface area contributed by atoms with E-state index in [1.54, 1.807) is 6.07 Å². The molecule has 0 aromatic heterocycles. The molecule has 2 heterocycles. The van der Waals surface area contributed by atoms with Crippen LogP contribution in [0, 0.1) is 11.7 Å². The fraction of sp³-hybridized carbons (Fsp3) is 0.440. The summed E-state index contributed by atoms with van der Waals surface area (Å²) in [4.78, 5) is 4.21. The number of halogens is 4. The van der Waals surface area contributed by atoms with Gasteiger partial charge in [0.25, 0.3) is 0 Å². The molecule has 0 radical (unpaired) electrons. The van der Waals surface area contributed by atoms with Crippen molar-refractivity contribution in [1.29, 1.82) is 0 Å². The summed E-state index contributed by atoms with van der Waals surface area (Å²) in [6.45, 7) is 5.04. The number of piperidine rings is 1.